The fourth-order valence-electron chi connectivity index (χ4n) is 2.53. The molecule has 2 N–H and O–H groups in total. The first-order valence-corrected chi connectivity index (χ1v) is 10.9. The molecule has 0 saturated heterocycles. The molecule has 2 aromatic rings. The van der Waals surface area contributed by atoms with Gasteiger partial charge in [0.15, 0.2) is 9.84 Å². The molecule has 2 rings (SSSR count). The Kier molecular flexibility index (Phi) is 7.21. The van der Waals surface area contributed by atoms with Gasteiger partial charge in [-0.1, -0.05) is 44.5 Å². The number of benzene rings is 2. The summed E-state index contributed by atoms with van der Waals surface area (Å²) in [5.41, 5.74) is 0.731. The van der Waals surface area contributed by atoms with E-state index in [0.717, 1.165) is 0 Å². The highest BCUT2D eigenvalue weighted by Crippen LogP contribution is 2.18. The lowest BCUT2D eigenvalue weighted by molar-refractivity contribution is -0.118. The van der Waals surface area contributed by atoms with Crippen molar-refractivity contribution in [2.75, 3.05) is 11.1 Å². The third-order valence-electron chi connectivity index (χ3n) is 4.22. The zero-order valence-corrected chi connectivity index (χ0v) is 17.5. The highest BCUT2D eigenvalue weighted by Gasteiger charge is 2.25. The summed E-state index contributed by atoms with van der Waals surface area (Å²) in [5, 5.41) is 5.72. The third kappa shape index (κ3) is 5.33. The molecule has 2 aromatic carbocycles. The van der Waals surface area contributed by atoms with Crippen molar-refractivity contribution in [3.05, 3.63) is 59.1 Å². The van der Waals surface area contributed by atoms with Crippen molar-refractivity contribution in [3.63, 3.8) is 0 Å². The first-order valence-electron chi connectivity index (χ1n) is 8.84. The molecule has 8 heteroatoms. The van der Waals surface area contributed by atoms with E-state index in [2.05, 4.69) is 10.6 Å². The summed E-state index contributed by atoms with van der Waals surface area (Å²) >= 11 is 6.04. The number of carbonyl (C=O) groups excluding carboxylic acids is 2. The van der Waals surface area contributed by atoms with Crippen LogP contribution in [0.4, 0.5) is 5.69 Å². The van der Waals surface area contributed by atoms with Crippen molar-refractivity contribution < 1.29 is 18.0 Å². The molecule has 0 bridgehead atoms. The van der Waals surface area contributed by atoms with Crippen LogP contribution >= 0.6 is 11.6 Å². The van der Waals surface area contributed by atoms with E-state index < -0.39 is 27.7 Å². The monoisotopic (exact) mass is 422 g/mol. The predicted octanol–water partition coefficient (Wildman–Crippen LogP) is 3.53. The van der Waals surface area contributed by atoms with E-state index in [0.29, 0.717) is 10.7 Å². The van der Waals surface area contributed by atoms with Gasteiger partial charge < -0.3 is 10.6 Å². The number of hydrogen-bond donors (Lipinski definition) is 2. The lowest BCUT2D eigenvalue weighted by atomic mass is 10.0. The van der Waals surface area contributed by atoms with Crippen LogP contribution in [0.5, 0.6) is 0 Å². The van der Waals surface area contributed by atoms with Gasteiger partial charge >= 0.3 is 0 Å². The standard InChI is InChI=1S/C20H23ClN2O4S/c1-4-28(26,27)15-11-9-14(10-12-15)22-20(25)18(13(2)3)23-19(24)16-7-5-6-8-17(16)21/h5-13,18H,4H2,1-3H3,(H,22,25)(H,23,24). The first kappa shape index (κ1) is 21.9. The lowest BCUT2D eigenvalue weighted by Gasteiger charge is -2.22. The molecule has 0 heterocycles. The fraction of sp³-hybridized carbons (Fsp3) is 0.300. The summed E-state index contributed by atoms with van der Waals surface area (Å²) in [7, 11) is -3.31. The van der Waals surface area contributed by atoms with Gasteiger partial charge in [-0.3, -0.25) is 9.59 Å². The molecule has 6 nitrogen and oxygen atoms in total. The number of sulfone groups is 1. The SMILES string of the molecule is CCS(=O)(=O)c1ccc(NC(=O)C(NC(=O)c2ccccc2Cl)C(C)C)cc1. The van der Waals surface area contributed by atoms with E-state index in [9.17, 15) is 18.0 Å². The second-order valence-electron chi connectivity index (χ2n) is 6.59. The summed E-state index contributed by atoms with van der Waals surface area (Å²) in [4.78, 5) is 25.3. The Morgan fingerprint density at radius 2 is 1.64 bits per heavy atom. The van der Waals surface area contributed by atoms with Gasteiger partial charge in [0, 0.05) is 5.69 Å². The van der Waals surface area contributed by atoms with Crippen LogP contribution in [-0.2, 0) is 14.6 Å². The smallest absolute Gasteiger partial charge is 0.253 e. The molecule has 0 aromatic heterocycles. The minimum absolute atomic E-state index is 0.00219. The molecule has 150 valence electrons. The minimum atomic E-state index is -3.31. The Morgan fingerprint density at radius 1 is 1.04 bits per heavy atom. The maximum Gasteiger partial charge on any atom is 0.253 e. The summed E-state index contributed by atoms with van der Waals surface area (Å²) in [6, 6.07) is 11.7. The Morgan fingerprint density at radius 3 is 2.18 bits per heavy atom. The van der Waals surface area contributed by atoms with Gasteiger partial charge in [0.05, 0.1) is 21.2 Å². The van der Waals surface area contributed by atoms with Gasteiger partial charge in [0.1, 0.15) is 6.04 Å². The van der Waals surface area contributed by atoms with Crippen molar-refractivity contribution in [3.8, 4) is 0 Å². The van der Waals surface area contributed by atoms with Gasteiger partial charge in [-0.15, -0.1) is 0 Å². The van der Waals surface area contributed by atoms with E-state index in [4.69, 9.17) is 11.6 Å². The Balaban J connectivity index is 2.13. The highest BCUT2D eigenvalue weighted by molar-refractivity contribution is 7.91. The Hall–Kier alpha value is -2.38. The zero-order chi connectivity index (χ0) is 20.9. The van der Waals surface area contributed by atoms with Crippen LogP contribution in [0.3, 0.4) is 0 Å². The molecule has 1 atom stereocenters. The average molecular weight is 423 g/mol. The van der Waals surface area contributed by atoms with Gasteiger partial charge in [0.25, 0.3) is 5.91 Å². The van der Waals surface area contributed by atoms with Crippen LogP contribution in [0.25, 0.3) is 0 Å². The Bertz CT molecular complexity index is 956. The number of carbonyl (C=O) groups is 2. The summed E-state index contributed by atoms with van der Waals surface area (Å²) < 4.78 is 23.7. The summed E-state index contributed by atoms with van der Waals surface area (Å²) in [6.45, 7) is 5.20. The molecule has 0 spiro atoms. The van der Waals surface area contributed by atoms with Gasteiger partial charge in [-0.2, -0.15) is 0 Å². The van der Waals surface area contributed by atoms with Gasteiger partial charge in [-0.25, -0.2) is 8.42 Å². The molecule has 0 fully saturated rings. The van der Waals surface area contributed by atoms with Crippen LogP contribution in [-0.4, -0.2) is 32.0 Å². The predicted molar refractivity (Wildman–Crippen MR) is 110 cm³/mol. The van der Waals surface area contributed by atoms with E-state index in [1.54, 1.807) is 31.2 Å². The quantitative estimate of drug-likeness (QED) is 0.713. The fourth-order valence-corrected chi connectivity index (χ4v) is 3.64. The van der Waals surface area contributed by atoms with Crippen molar-refractivity contribution in [2.24, 2.45) is 5.92 Å². The topological polar surface area (TPSA) is 92.3 Å². The third-order valence-corrected chi connectivity index (χ3v) is 6.30. The zero-order valence-electron chi connectivity index (χ0n) is 15.9. The molecule has 2 amide bonds. The van der Waals surface area contributed by atoms with Crippen LogP contribution in [0, 0.1) is 5.92 Å². The molecule has 1 unspecified atom stereocenters. The van der Waals surface area contributed by atoms with Crippen LogP contribution < -0.4 is 10.6 Å². The second kappa shape index (κ2) is 9.21. The number of nitrogens with one attached hydrogen (secondary N) is 2. The van der Waals surface area contributed by atoms with Crippen molar-refractivity contribution in [2.45, 2.75) is 31.7 Å². The summed E-state index contributed by atoms with van der Waals surface area (Å²) in [6.07, 6.45) is 0. The van der Waals surface area contributed by atoms with Gasteiger partial charge in [-0.05, 0) is 42.3 Å². The highest BCUT2D eigenvalue weighted by atomic mass is 35.5. The largest absolute Gasteiger partial charge is 0.340 e. The summed E-state index contributed by atoms with van der Waals surface area (Å²) in [5.74, 6) is -1.01. The first-order chi connectivity index (χ1) is 13.2. The Labute approximate surface area is 170 Å². The van der Waals surface area contributed by atoms with E-state index in [1.165, 1.54) is 24.3 Å². The van der Waals surface area contributed by atoms with Crippen molar-refractivity contribution in [1.29, 1.82) is 0 Å². The number of hydrogen-bond acceptors (Lipinski definition) is 4. The molecule has 0 saturated carbocycles. The molecular weight excluding hydrogens is 400 g/mol. The number of anilines is 1. The normalized spacial score (nSPS) is 12.5. The van der Waals surface area contributed by atoms with E-state index >= 15 is 0 Å². The number of amides is 2. The molecule has 0 radical (unpaired) electrons. The van der Waals surface area contributed by atoms with Gasteiger partial charge in [0.2, 0.25) is 5.91 Å². The minimum Gasteiger partial charge on any atom is -0.340 e. The molecule has 28 heavy (non-hydrogen) atoms. The second-order valence-corrected chi connectivity index (χ2v) is 9.28. The number of halogens is 1. The molecule has 0 aliphatic rings. The van der Waals surface area contributed by atoms with Crippen LogP contribution in [0.2, 0.25) is 5.02 Å². The van der Waals surface area contributed by atoms with E-state index in [-0.39, 0.29) is 22.1 Å². The van der Waals surface area contributed by atoms with Crippen LogP contribution in [0.15, 0.2) is 53.4 Å². The van der Waals surface area contributed by atoms with Crippen molar-refractivity contribution >= 4 is 38.9 Å². The van der Waals surface area contributed by atoms with Crippen LogP contribution in [0.1, 0.15) is 31.1 Å². The van der Waals surface area contributed by atoms with E-state index in [1.807, 2.05) is 13.8 Å². The average Bonchev–Trinajstić information content (AvgIpc) is 2.66. The molecule has 0 aliphatic heterocycles. The maximum absolute atomic E-state index is 12.7. The lowest BCUT2D eigenvalue weighted by Crippen LogP contribution is -2.47. The maximum atomic E-state index is 12.7. The molecular formula is C20H23ClN2O4S. The molecule has 0 aliphatic carbocycles. The van der Waals surface area contributed by atoms with Crippen molar-refractivity contribution in [1.82, 2.24) is 5.32 Å². The number of rotatable bonds is 7.